The normalized spacial score (nSPS) is 10.1. The maximum absolute atomic E-state index is 3.51. The van der Waals surface area contributed by atoms with Crippen LogP contribution >= 0.6 is 27.7 Å². The molecule has 3 heteroatoms. The fraction of sp³-hybridized carbons (Fsp3) is 0.400. The van der Waals surface area contributed by atoms with Gasteiger partial charge >= 0.3 is 0 Å². The number of rotatable bonds is 4. The maximum Gasteiger partial charge on any atom is 0.0351 e. The second-order valence-corrected chi connectivity index (χ2v) is 4.72. The largest absolute Gasteiger partial charge is 0.384 e. The second kappa shape index (κ2) is 5.55. The Morgan fingerprint density at radius 2 is 2.23 bits per heavy atom. The zero-order chi connectivity index (χ0) is 9.68. The number of halogens is 1. The van der Waals surface area contributed by atoms with Crippen molar-refractivity contribution in [1.82, 2.24) is 0 Å². The summed E-state index contributed by atoms with van der Waals surface area (Å²) in [7, 11) is 0. The van der Waals surface area contributed by atoms with Gasteiger partial charge in [0.15, 0.2) is 0 Å². The summed E-state index contributed by atoms with van der Waals surface area (Å²) >= 11 is 5.36. The standard InChI is InChI=1S/C10H14BrNS/c1-8-3-4-9(7-10(8)11)12-5-6-13-2/h3-4,7,12H,5-6H2,1-2H3. The molecule has 0 aromatic heterocycles. The van der Waals surface area contributed by atoms with Gasteiger partial charge in [0.25, 0.3) is 0 Å². The van der Waals surface area contributed by atoms with Gasteiger partial charge in [0.2, 0.25) is 0 Å². The van der Waals surface area contributed by atoms with Crippen LogP contribution in [0.3, 0.4) is 0 Å². The van der Waals surface area contributed by atoms with E-state index in [-0.39, 0.29) is 0 Å². The van der Waals surface area contributed by atoms with Crippen molar-refractivity contribution < 1.29 is 0 Å². The molecule has 0 atom stereocenters. The predicted molar refractivity (Wildman–Crippen MR) is 65.8 cm³/mol. The van der Waals surface area contributed by atoms with Crippen LogP contribution in [0.25, 0.3) is 0 Å². The van der Waals surface area contributed by atoms with Gasteiger partial charge in [0.05, 0.1) is 0 Å². The lowest BCUT2D eigenvalue weighted by Gasteiger charge is -2.06. The van der Waals surface area contributed by atoms with Gasteiger partial charge in [-0.3, -0.25) is 0 Å². The van der Waals surface area contributed by atoms with E-state index in [1.807, 2.05) is 11.8 Å². The molecule has 0 spiro atoms. The molecule has 0 saturated carbocycles. The monoisotopic (exact) mass is 259 g/mol. The van der Waals surface area contributed by atoms with Gasteiger partial charge < -0.3 is 5.32 Å². The Morgan fingerprint density at radius 3 is 2.85 bits per heavy atom. The van der Waals surface area contributed by atoms with E-state index >= 15 is 0 Å². The minimum Gasteiger partial charge on any atom is -0.384 e. The summed E-state index contributed by atoms with van der Waals surface area (Å²) < 4.78 is 1.17. The first-order chi connectivity index (χ1) is 6.24. The van der Waals surface area contributed by atoms with Crippen LogP contribution in [0, 0.1) is 6.92 Å². The molecule has 0 fully saturated rings. The van der Waals surface area contributed by atoms with Gasteiger partial charge in [0, 0.05) is 22.5 Å². The number of hydrogen-bond donors (Lipinski definition) is 1. The molecular formula is C10H14BrNS. The highest BCUT2D eigenvalue weighted by Gasteiger charge is 1.95. The first-order valence-corrected chi connectivity index (χ1v) is 6.41. The number of nitrogens with one attached hydrogen (secondary N) is 1. The number of anilines is 1. The lowest BCUT2D eigenvalue weighted by Crippen LogP contribution is -2.03. The Bertz CT molecular complexity index is 276. The molecule has 0 saturated heterocycles. The van der Waals surface area contributed by atoms with Crippen LogP contribution in [0.2, 0.25) is 0 Å². The van der Waals surface area contributed by atoms with Crippen LogP contribution < -0.4 is 5.32 Å². The van der Waals surface area contributed by atoms with Crippen molar-refractivity contribution in [3.63, 3.8) is 0 Å². The smallest absolute Gasteiger partial charge is 0.0351 e. The highest BCUT2D eigenvalue weighted by molar-refractivity contribution is 9.10. The van der Waals surface area contributed by atoms with E-state index in [4.69, 9.17) is 0 Å². The third kappa shape index (κ3) is 3.61. The Kier molecular flexibility index (Phi) is 4.67. The molecule has 0 aliphatic rings. The van der Waals surface area contributed by atoms with Crippen molar-refractivity contribution in [1.29, 1.82) is 0 Å². The van der Waals surface area contributed by atoms with Crippen LogP contribution in [0.5, 0.6) is 0 Å². The van der Waals surface area contributed by atoms with E-state index in [2.05, 4.69) is 52.6 Å². The number of aryl methyl sites for hydroxylation is 1. The minimum atomic E-state index is 1.02. The second-order valence-electron chi connectivity index (χ2n) is 2.88. The molecule has 0 amide bonds. The van der Waals surface area contributed by atoms with E-state index < -0.39 is 0 Å². The Hall–Kier alpha value is -0.150. The van der Waals surface area contributed by atoms with Crippen molar-refractivity contribution >= 4 is 33.4 Å². The highest BCUT2D eigenvalue weighted by atomic mass is 79.9. The van der Waals surface area contributed by atoms with Gasteiger partial charge in [0.1, 0.15) is 0 Å². The lowest BCUT2D eigenvalue weighted by molar-refractivity contribution is 1.22. The van der Waals surface area contributed by atoms with Crippen molar-refractivity contribution in [2.75, 3.05) is 23.9 Å². The summed E-state index contributed by atoms with van der Waals surface area (Å²) in [6, 6.07) is 6.35. The average Bonchev–Trinajstić information content (AvgIpc) is 2.12. The van der Waals surface area contributed by atoms with Crippen LogP contribution in [-0.4, -0.2) is 18.6 Å². The number of benzene rings is 1. The Morgan fingerprint density at radius 1 is 1.46 bits per heavy atom. The van der Waals surface area contributed by atoms with E-state index in [1.165, 1.54) is 15.7 Å². The summed E-state index contributed by atoms with van der Waals surface area (Å²) in [4.78, 5) is 0. The quantitative estimate of drug-likeness (QED) is 0.831. The van der Waals surface area contributed by atoms with Crippen LogP contribution in [-0.2, 0) is 0 Å². The Balaban J connectivity index is 2.53. The third-order valence-electron chi connectivity index (χ3n) is 1.81. The van der Waals surface area contributed by atoms with Crippen molar-refractivity contribution in [3.05, 3.63) is 28.2 Å². The van der Waals surface area contributed by atoms with E-state index in [1.54, 1.807) is 0 Å². The maximum atomic E-state index is 3.51. The van der Waals surface area contributed by atoms with E-state index in [0.717, 1.165) is 12.3 Å². The van der Waals surface area contributed by atoms with E-state index in [0.29, 0.717) is 0 Å². The molecule has 1 nitrogen and oxygen atoms in total. The molecule has 1 aromatic rings. The molecule has 72 valence electrons. The molecule has 0 heterocycles. The number of thioether (sulfide) groups is 1. The molecule has 0 aliphatic heterocycles. The average molecular weight is 260 g/mol. The van der Waals surface area contributed by atoms with Crippen molar-refractivity contribution in [2.24, 2.45) is 0 Å². The van der Waals surface area contributed by atoms with Crippen LogP contribution in [0.15, 0.2) is 22.7 Å². The number of hydrogen-bond acceptors (Lipinski definition) is 2. The minimum absolute atomic E-state index is 1.02. The van der Waals surface area contributed by atoms with Gasteiger partial charge in [-0.05, 0) is 30.9 Å². The van der Waals surface area contributed by atoms with Gasteiger partial charge in [-0.2, -0.15) is 11.8 Å². The highest BCUT2D eigenvalue weighted by Crippen LogP contribution is 2.20. The Labute approximate surface area is 92.4 Å². The zero-order valence-electron chi connectivity index (χ0n) is 7.93. The molecule has 0 aliphatic carbocycles. The summed E-state index contributed by atoms with van der Waals surface area (Å²) in [5, 5.41) is 3.36. The fourth-order valence-corrected chi connectivity index (χ4v) is 1.69. The lowest BCUT2D eigenvalue weighted by atomic mass is 10.2. The first-order valence-electron chi connectivity index (χ1n) is 4.23. The van der Waals surface area contributed by atoms with Crippen molar-refractivity contribution in [2.45, 2.75) is 6.92 Å². The molecule has 1 aromatic carbocycles. The molecule has 1 rings (SSSR count). The van der Waals surface area contributed by atoms with Crippen LogP contribution in [0.1, 0.15) is 5.56 Å². The van der Waals surface area contributed by atoms with Gasteiger partial charge in [-0.25, -0.2) is 0 Å². The molecular weight excluding hydrogens is 246 g/mol. The van der Waals surface area contributed by atoms with Crippen LogP contribution in [0.4, 0.5) is 5.69 Å². The fourth-order valence-electron chi connectivity index (χ4n) is 1.00. The molecule has 0 unspecified atom stereocenters. The molecule has 0 radical (unpaired) electrons. The summed E-state index contributed by atoms with van der Waals surface area (Å²) in [5.41, 5.74) is 2.46. The predicted octanol–water partition coefficient (Wildman–Crippen LogP) is 3.53. The van der Waals surface area contributed by atoms with Crippen molar-refractivity contribution in [3.8, 4) is 0 Å². The SMILES string of the molecule is CSCCNc1ccc(C)c(Br)c1. The third-order valence-corrected chi connectivity index (χ3v) is 3.27. The zero-order valence-corrected chi connectivity index (χ0v) is 10.3. The van der Waals surface area contributed by atoms with Gasteiger partial charge in [-0.1, -0.05) is 22.0 Å². The first kappa shape index (κ1) is 10.9. The molecule has 0 bridgehead atoms. The summed E-state index contributed by atoms with van der Waals surface area (Å²) in [6.45, 7) is 3.12. The molecule has 13 heavy (non-hydrogen) atoms. The summed E-state index contributed by atoms with van der Waals surface area (Å²) in [6.07, 6.45) is 2.12. The van der Waals surface area contributed by atoms with Gasteiger partial charge in [-0.15, -0.1) is 0 Å². The molecule has 1 N–H and O–H groups in total. The van der Waals surface area contributed by atoms with E-state index in [9.17, 15) is 0 Å². The summed E-state index contributed by atoms with van der Waals surface area (Å²) in [5.74, 6) is 1.14. The topological polar surface area (TPSA) is 12.0 Å².